The Labute approximate surface area is 104 Å². The fourth-order valence-corrected chi connectivity index (χ4v) is 2.67. The molecule has 86 valence electrons. The highest BCUT2D eigenvalue weighted by Crippen LogP contribution is 2.28. The number of halogens is 2. The van der Waals surface area contributed by atoms with Crippen molar-refractivity contribution < 1.29 is 8.82 Å². The van der Waals surface area contributed by atoms with Crippen LogP contribution in [-0.4, -0.2) is 8.32 Å². The summed E-state index contributed by atoms with van der Waals surface area (Å²) in [7, 11) is -1.80. The molecule has 0 saturated carbocycles. The third-order valence-corrected chi connectivity index (χ3v) is 3.46. The molecule has 0 bridgehead atoms. The first-order valence-corrected chi connectivity index (χ1v) is 9.06. The molecule has 1 rings (SSSR count). The summed E-state index contributed by atoms with van der Waals surface area (Å²) in [6.07, 6.45) is -0.637. The minimum Gasteiger partial charge on any atom is -0.399 e. The van der Waals surface area contributed by atoms with Gasteiger partial charge in [-0.1, -0.05) is 22.0 Å². The first-order chi connectivity index (χ1) is 7.33. The van der Waals surface area contributed by atoms with E-state index in [0.29, 0.717) is 10.0 Å². The molecule has 0 fully saturated rings. The topological polar surface area (TPSA) is 33.0 Å². The zero-order valence-corrected chi connectivity index (χ0v) is 12.0. The van der Waals surface area contributed by atoms with Gasteiger partial charge >= 0.3 is 0 Å². The van der Waals surface area contributed by atoms with Gasteiger partial charge in [0.1, 0.15) is 5.82 Å². The molecule has 0 saturated heterocycles. The lowest BCUT2D eigenvalue weighted by Crippen LogP contribution is -2.27. The van der Waals surface area contributed by atoms with E-state index in [1.807, 2.05) is 19.6 Å². The van der Waals surface area contributed by atoms with Crippen LogP contribution in [0.2, 0.25) is 19.6 Å². The molecule has 0 N–H and O–H groups in total. The Morgan fingerprint density at radius 2 is 2.06 bits per heavy atom. The van der Waals surface area contributed by atoms with Crippen LogP contribution in [0.4, 0.5) is 4.39 Å². The lowest BCUT2D eigenvalue weighted by molar-refractivity contribution is 0.254. The van der Waals surface area contributed by atoms with Gasteiger partial charge in [-0.15, -0.1) is 0 Å². The van der Waals surface area contributed by atoms with Gasteiger partial charge in [-0.05, 0) is 31.8 Å². The molecule has 16 heavy (non-hydrogen) atoms. The summed E-state index contributed by atoms with van der Waals surface area (Å²) in [5.74, 6) is -0.333. The van der Waals surface area contributed by atoms with Crippen molar-refractivity contribution in [2.75, 3.05) is 0 Å². The summed E-state index contributed by atoms with van der Waals surface area (Å²) < 4.78 is 19.2. The Morgan fingerprint density at radius 1 is 1.44 bits per heavy atom. The fourth-order valence-electron chi connectivity index (χ4n) is 1.23. The van der Waals surface area contributed by atoms with Gasteiger partial charge in [0.2, 0.25) is 0 Å². The van der Waals surface area contributed by atoms with Crippen LogP contribution in [0.3, 0.4) is 0 Å². The monoisotopic (exact) mass is 301 g/mol. The number of benzene rings is 1. The Hall–Kier alpha value is -0.703. The highest BCUT2D eigenvalue weighted by atomic mass is 79.9. The third-order valence-electron chi connectivity index (χ3n) is 1.83. The van der Waals surface area contributed by atoms with Gasteiger partial charge < -0.3 is 4.43 Å². The lowest BCUT2D eigenvalue weighted by Gasteiger charge is -2.22. The van der Waals surface area contributed by atoms with Crippen molar-refractivity contribution in [3.63, 3.8) is 0 Å². The quantitative estimate of drug-likeness (QED) is 0.791. The molecule has 1 aromatic rings. The number of hydrogen-bond donors (Lipinski definition) is 0. The molecule has 1 aromatic carbocycles. The van der Waals surface area contributed by atoms with Crippen LogP contribution >= 0.6 is 15.9 Å². The normalized spacial score (nSPS) is 13.2. The Morgan fingerprint density at radius 3 is 2.50 bits per heavy atom. The van der Waals surface area contributed by atoms with Crippen molar-refractivity contribution in [1.29, 1.82) is 5.26 Å². The molecular formula is C11H13BrFNOSi. The molecule has 1 unspecified atom stereocenters. The van der Waals surface area contributed by atoms with E-state index in [-0.39, 0.29) is 5.82 Å². The van der Waals surface area contributed by atoms with E-state index >= 15 is 0 Å². The van der Waals surface area contributed by atoms with E-state index in [9.17, 15) is 4.39 Å². The summed E-state index contributed by atoms with van der Waals surface area (Å²) in [5, 5.41) is 9.07. The van der Waals surface area contributed by atoms with Crippen LogP contribution in [0.5, 0.6) is 0 Å². The molecule has 0 radical (unpaired) electrons. The van der Waals surface area contributed by atoms with Crippen molar-refractivity contribution in [2.24, 2.45) is 0 Å². The fraction of sp³-hybridized carbons (Fsp3) is 0.364. The maximum Gasteiger partial charge on any atom is 0.186 e. The number of nitrogens with zero attached hydrogens (tertiary/aromatic N) is 1. The smallest absolute Gasteiger partial charge is 0.186 e. The van der Waals surface area contributed by atoms with E-state index in [2.05, 4.69) is 22.0 Å². The second kappa shape index (κ2) is 5.08. The van der Waals surface area contributed by atoms with Crippen molar-refractivity contribution >= 4 is 24.2 Å². The Kier molecular flexibility index (Phi) is 4.25. The highest BCUT2D eigenvalue weighted by molar-refractivity contribution is 9.10. The van der Waals surface area contributed by atoms with Gasteiger partial charge in [-0.3, -0.25) is 0 Å². The minimum atomic E-state index is -1.80. The largest absolute Gasteiger partial charge is 0.399 e. The Bertz CT molecular complexity index is 425. The number of rotatable bonds is 3. The first-order valence-electron chi connectivity index (χ1n) is 4.86. The SMILES string of the molecule is C[Si](C)(C)OC(C#N)c1ccc(F)cc1Br. The average Bonchev–Trinajstić information content (AvgIpc) is 2.13. The summed E-state index contributed by atoms with van der Waals surface area (Å²) in [4.78, 5) is 0. The molecular weight excluding hydrogens is 289 g/mol. The van der Waals surface area contributed by atoms with Crippen molar-refractivity contribution in [1.82, 2.24) is 0 Å². The number of hydrogen-bond acceptors (Lipinski definition) is 2. The van der Waals surface area contributed by atoms with E-state index in [4.69, 9.17) is 9.69 Å². The average molecular weight is 302 g/mol. The summed E-state index contributed by atoms with van der Waals surface area (Å²) in [6, 6.07) is 6.34. The Balaban J connectivity index is 3.01. The molecule has 2 nitrogen and oxygen atoms in total. The first kappa shape index (κ1) is 13.4. The van der Waals surface area contributed by atoms with E-state index in [0.717, 1.165) is 0 Å². The van der Waals surface area contributed by atoms with Crippen LogP contribution in [0.1, 0.15) is 11.7 Å². The van der Waals surface area contributed by atoms with E-state index < -0.39 is 14.4 Å². The second-order valence-electron chi connectivity index (χ2n) is 4.41. The highest BCUT2D eigenvalue weighted by Gasteiger charge is 2.23. The van der Waals surface area contributed by atoms with Gasteiger partial charge in [0.05, 0.1) is 6.07 Å². The second-order valence-corrected chi connectivity index (χ2v) is 9.72. The van der Waals surface area contributed by atoms with Crippen molar-refractivity contribution in [3.05, 3.63) is 34.1 Å². The molecule has 5 heteroatoms. The summed E-state index contributed by atoms with van der Waals surface area (Å²) >= 11 is 3.24. The summed E-state index contributed by atoms with van der Waals surface area (Å²) in [6.45, 7) is 6.03. The van der Waals surface area contributed by atoms with Crippen LogP contribution in [0, 0.1) is 17.1 Å². The predicted octanol–water partition coefficient (Wildman–Crippen LogP) is 4.00. The zero-order chi connectivity index (χ0) is 12.3. The molecule has 0 amide bonds. The molecule has 0 aliphatic rings. The molecule has 0 heterocycles. The van der Waals surface area contributed by atoms with E-state index in [1.165, 1.54) is 12.1 Å². The minimum absolute atomic E-state index is 0.333. The molecule has 1 atom stereocenters. The van der Waals surface area contributed by atoms with Crippen LogP contribution in [0.15, 0.2) is 22.7 Å². The third kappa shape index (κ3) is 3.70. The lowest BCUT2D eigenvalue weighted by atomic mass is 10.1. The van der Waals surface area contributed by atoms with Gasteiger partial charge in [-0.25, -0.2) is 4.39 Å². The summed E-state index contributed by atoms with van der Waals surface area (Å²) in [5.41, 5.74) is 0.673. The van der Waals surface area contributed by atoms with Crippen LogP contribution in [0.25, 0.3) is 0 Å². The predicted molar refractivity (Wildman–Crippen MR) is 66.9 cm³/mol. The zero-order valence-electron chi connectivity index (χ0n) is 9.42. The maximum atomic E-state index is 12.9. The standard InChI is InChI=1S/C11H13BrFNOSi/c1-16(2,3)15-11(7-14)9-5-4-8(13)6-10(9)12/h4-6,11H,1-3H3. The van der Waals surface area contributed by atoms with Crippen molar-refractivity contribution in [2.45, 2.75) is 25.7 Å². The van der Waals surface area contributed by atoms with E-state index in [1.54, 1.807) is 6.07 Å². The van der Waals surface area contributed by atoms with Crippen LogP contribution < -0.4 is 0 Å². The molecule has 0 aliphatic heterocycles. The van der Waals surface area contributed by atoms with Crippen molar-refractivity contribution in [3.8, 4) is 6.07 Å². The maximum absolute atomic E-state index is 12.9. The van der Waals surface area contributed by atoms with Crippen LogP contribution in [-0.2, 0) is 4.43 Å². The number of nitriles is 1. The van der Waals surface area contributed by atoms with Gasteiger partial charge in [0.25, 0.3) is 0 Å². The van der Waals surface area contributed by atoms with Gasteiger partial charge in [0, 0.05) is 10.0 Å². The molecule has 0 aromatic heterocycles. The molecule has 0 aliphatic carbocycles. The van der Waals surface area contributed by atoms with Gasteiger partial charge in [0.15, 0.2) is 14.4 Å². The van der Waals surface area contributed by atoms with Gasteiger partial charge in [-0.2, -0.15) is 5.26 Å². The molecule has 0 spiro atoms.